The number of ether oxygens (including phenoxy) is 5. The number of fused-ring (bicyclic) bond motifs is 3. The quantitative estimate of drug-likeness (QED) is 0.0387. The second kappa shape index (κ2) is 45.2. The van der Waals surface area contributed by atoms with Crippen LogP contribution in [0, 0.1) is 41.5 Å². The Morgan fingerprint density at radius 2 is 0.383 bits per heavy atom. The van der Waals surface area contributed by atoms with Gasteiger partial charge in [-0.2, -0.15) is 0 Å². The summed E-state index contributed by atoms with van der Waals surface area (Å²) in [5.74, 6) is 4.11. The van der Waals surface area contributed by atoms with E-state index in [9.17, 15) is 0 Å². The van der Waals surface area contributed by atoms with E-state index in [0.29, 0.717) is 0 Å². The van der Waals surface area contributed by atoms with Gasteiger partial charge < -0.3 is 48.2 Å². The van der Waals surface area contributed by atoms with Crippen molar-refractivity contribution in [1.29, 1.82) is 0 Å². The number of methoxy groups -OCH3 is 5. The van der Waals surface area contributed by atoms with Crippen molar-refractivity contribution < 1.29 is 32.8 Å². The Morgan fingerprint density at radius 3 is 0.624 bits per heavy atom. The number of benzene rings is 18. The molecule has 20 rings (SSSR count). The fourth-order valence-electron chi connectivity index (χ4n) is 17.6. The van der Waals surface area contributed by atoms with Crippen LogP contribution in [-0.2, 0) is 13.1 Å². The largest absolute Gasteiger partial charge is 0.497 e. The van der Waals surface area contributed by atoms with E-state index >= 15 is 0 Å². The Balaban J connectivity index is 0.000000135. The van der Waals surface area contributed by atoms with Gasteiger partial charge in [0.25, 0.3) is 0 Å². The van der Waals surface area contributed by atoms with Gasteiger partial charge in [0.15, 0.2) is 24.8 Å². The lowest BCUT2D eigenvalue weighted by Crippen LogP contribution is -2.31. The molecule has 141 heavy (non-hydrogen) atoms. The Labute approximate surface area is 830 Å². The third kappa shape index (κ3) is 22.9. The third-order valence-electron chi connectivity index (χ3n) is 25.7. The highest BCUT2D eigenvalue weighted by Crippen LogP contribution is 2.46. The zero-order valence-corrected chi connectivity index (χ0v) is 82.5. The highest BCUT2D eigenvalue weighted by Gasteiger charge is 2.22. The molecule has 0 amide bonds. The Morgan fingerprint density at radius 1 is 0.184 bits per heavy atom. The van der Waals surface area contributed by atoms with Crippen molar-refractivity contribution in [3.8, 4) is 73.3 Å². The predicted molar refractivity (Wildman–Crippen MR) is 589 cm³/mol. The lowest BCUT2D eigenvalue weighted by molar-refractivity contribution is -0.693. The molecule has 0 atom stereocenters. The molecule has 698 valence electrons. The van der Waals surface area contributed by atoms with E-state index in [1.807, 2.05) is 60.7 Å². The van der Waals surface area contributed by atoms with Crippen LogP contribution in [0.2, 0.25) is 0 Å². The lowest BCUT2D eigenvalue weighted by Gasteiger charge is -2.27. The molecule has 2 heterocycles. The number of aryl methyl sites for hydroxylation is 8. The molecule has 2 aromatic heterocycles. The molecule has 0 aliphatic rings. The molecule has 0 saturated heterocycles. The van der Waals surface area contributed by atoms with Gasteiger partial charge in [0.1, 0.15) is 41.8 Å². The maximum absolute atomic E-state index is 5.43. The number of anilines is 15. The van der Waals surface area contributed by atoms with Crippen molar-refractivity contribution in [2.75, 3.05) is 60.0 Å². The summed E-state index contributed by atoms with van der Waals surface area (Å²) in [4.78, 5) is 11.4. The normalized spacial score (nSPS) is 10.8. The zero-order chi connectivity index (χ0) is 97.7. The number of aromatic nitrogens is 2. The van der Waals surface area contributed by atoms with Gasteiger partial charge >= 0.3 is 0 Å². The van der Waals surface area contributed by atoms with Crippen molar-refractivity contribution in [2.24, 2.45) is 0 Å². The van der Waals surface area contributed by atoms with Crippen molar-refractivity contribution in [3.05, 3.63) is 495 Å². The average molecular weight is 1850 g/mol. The summed E-state index contributed by atoms with van der Waals surface area (Å²) in [6, 6.07) is 154. The topological polar surface area (TPSA) is 70.1 Å². The maximum atomic E-state index is 5.43. The van der Waals surface area contributed by atoms with Crippen LogP contribution in [0.3, 0.4) is 0 Å². The summed E-state index contributed by atoms with van der Waals surface area (Å²) < 4.78 is 31.4. The first kappa shape index (κ1) is 95.5. The zero-order valence-electron chi connectivity index (χ0n) is 82.5. The molecule has 0 saturated carbocycles. The molecule has 0 aliphatic heterocycles. The molecule has 12 heteroatoms. The summed E-state index contributed by atoms with van der Waals surface area (Å²) >= 11 is 0. The van der Waals surface area contributed by atoms with Crippen LogP contribution in [0.5, 0.6) is 28.7 Å². The average Bonchev–Trinajstić information content (AvgIpc) is 0.752. The molecule has 0 bridgehead atoms. The van der Waals surface area contributed by atoms with E-state index in [2.05, 4.69) is 490 Å². The fraction of sp³-hybridized carbons (Fsp3) is 0.116. The van der Waals surface area contributed by atoms with E-state index in [4.69, 9.17) is 23.7 Å². The lowest BCUT2D eigenvalue weighted by atomic mass is 9.91. The summed E-state index contributed by atoms with van der Waals surface area (Å²) in [6.45, 7) is 19.2. The Kier molecular flexibility index (Phi) is 30.6. The molecule has 0 aliphatic carbocycles. The van der Waals surface area contributed by atoms with Crippen LogP contribution in [-0.4, -0.2) is 35.5 Å². The number of nitrogens with zero attached hydrogens (tertiary/aromatic N) is 7. The van der Waals surface area contributed by atoms with E-state index in [1.165, 1.54) is 88.3 Å². The molecular weight excluding hydrogens is 1730 g/mol. The summed E-state index contributed by atoms with van der Waals surface area (Å²) in [5.41, 5.74) is 33.6. The van der Waals surface area contributed by atoms with Crippen LogP contribution < -0.4 is 57.3 Å². The maximum Gasteiger partial charge on any atom is 0.169 e. The second-order valence-corrected chi connectivity index (χ2v) is 35.1. The van der Waals surface area contributed by atoms with Crippen LogP contribution in [0.1, 0.15) is 47.2 Å². The SMILES string of the molecule is CC[n+]1ccc(-c2cc[n+](CC)cc2)cc1.COc1ccc(N(c2ccc(C)cc2)c2ccc(C)c(-c3cc4ccccc4c4ccccc34)c2)cc1.COc1ccc(N(c2ccc(OC)cc2)c2ccc(-c3ccc(N(c4ccc(OC)cc4)c4ccc(OC)cc4)cc3)cc2)cc1.Cc1ccc(N(c2ccc(C)cc2)c2ccc(-c3ccc(N(c4ccc(C)cc4)c4ccc(C)cc4)cc3)cc2)cc1. The standard InChI is InChI=1S/C40H36N2O4.C40H36N2.C35H29NO.C14H18N2/c1-43-37-21-13-33(14-22-37)41(34-15-23-38(44-2)24-16-34)31-9-5-29(6-10-31)30-7-11-32(12-8-30)42(35-17-25-39(45-3)26-18-35)36-19-27-40(46-4)28-20-36;1-29-5-17-35(18-6-29)41(36-19-7-30(2)8-20-36)39-25-13-33(14-26-39)34-15-27-40(28-16-34)42(37-21-9-31(3)10-22-37)38-23-11-32(4)12-24-38;1-24-12-15-27(16-13-24)36(28-18-20-30(37-3)21-19-28)29-17-14-25(2)34(23-29)35-22-26-8-4-5-9-31(26)32-10-6-7-11-33(32)35;1-3-15-9-5-13(6-10-15)14-7-11-16(4-2)12-8-14/h5-28H,1-4H3;5-28H,1-4H3;4-23H,1-3H3;5-12H,3-4H2,1-2H3/q;;;+2. The smallest absolute Gasteiger partial charge is 0.169 e. The van der Waals surface area contributed by atoms with Crippen molar-refractivity contribution in [2.45, 2.75) is 68.5 Å². The van der Waals surface area contributed by atoms with Crippen molar-refractivity contribution >= 4 is 107 Å². The molecular formula is C129H119N7O5+2. The Bertz CT molecular complexity index is 6960. The number of hydrogen-bond acceptors (Lipinski definition) is 10. The number of rotatable bonds is 26. The minimum atomic E-state index is 0.815. The van der Waals surface area contributed by atoms with Gasteiger partial charge in [0.05, 0.1) is 35.5 Å². The summed E-state index contributed by atoms with van der Waals surface area (Å²) in [7, 11) is 8.41. The first-order valence-electron chi connectivity index (χ1n) is 48.0. The van der Waals surface area contributed by atoms with Crippen LogP contribution in [0.25, 0.3) is 66.1 Å². The first-order valence-corrected chi connectivity index (χ1v) is 48.0. The van der Waals surface area contributed by atoms with E-state index in [-0.39, 0.29) is 0 Å². The van der Waals surface area contributed by atoms with E-state index in [0.717, 1.165) is 138 Å². The molecule has 12 nitrogen and oxygen atoms in total. The predicted octanol–water partition coefficient (Wildman–Crippen LogP) is 33.6. The first-order chi connectivity index (χ1) is 69.0. The molecule has 0 N–H and O–H groups in total. The molecule has 0 spiro atoms. The van der Waals surface area contributed by atoms with Crippen molar-refractivity contribution in [3.63, 3.8) is 0 Å². The van der Waals surface area contributed by atoms with Gasteiger partial charge in [-0.15, -0.1) is 0 Å². The van der Waals surface area contributed by atoms with Crippen molar-refractivity contribution in [1.82, 2.24) is 0 Å². The third-order valence-corrected chi connectivity index (χ3v) is 25.7. The van der Waals surface area contributed by atoms with Gasteiger partial charge in [-0.05, 0) is 376 Å². The molecule has 20 aromatic rings. The summed E-state index contributed by atoms with van der Waals surface area (Å²) in [5, 5.41) is 5.10. The second-order valence-electron chi connectivity index (χ2n) is 35.1. The fourth-order valence-corrected chi connectivity index (χ4v) is 17.6. The van der Waals surface area contributed by atoms with Crippen LogP contribution >= 0.6 is 0 Å². The molecule has 18 aromatic carbocycles. The number of hydrogen-bond donors (Lipinski definition) is 0. The Hall–Kier alpha value is -17.2. The van der Waals surface area contributed by atoms with Crippen LogP contribution in [0.15, 0.2) is 462 Å². The molecule has 0 unspecified atom stereocenters. The van der Waals surface area contributed by atoms with Gasteiger partial charge in [-0.3, -0.25) is 0 Å². The van der Waals surface area contributed by atoms with Gasteiger partial charge in [0, 0.05) is 110 Å². The van der Waals surface area contributed by atoms with Crippen LogP contribution in [0.4, 0.5) is 85.3 Å². The highest BCUT2D eigenvalue weighted by atomic mass is 16.5. The minimum absolute atomic E-state index is 0.815. The van der Waals surface area contributed by atoms with E-state index in [1.54, 1.807) is 35.5 Å². The van der Waals surface area contributed by atoms with Gasteiger partial charge in [-0.25, -0.2) is 9.13 Å². The minimum Gasteiger partial charge on any atom is -0.497 e. The molecule has 0 fully saturated rings. The monoisotopic (exact) mass is 1850 g/mol. The van der Waals surface area contributed by atoms with Gasteiger partial charge in [0.2, 0.25) is 0 Å². The molecule has 0 radical (unpaired) electrons. The summed E-state index contributed by atoms with van der Waals surface area (Å²) in [6.07, 6.45) is 8.48. The van der Waals surface area contributed by atoms with E-state index < -0.39 is 0 Å². The van der Waals surface area contributed by atoms with Gasteiger partial charge in [-0.1, -0.05) is 192 Å². The number of pyridine rings is 2. The highest BCUT2D eigenvalue weighted by molar-refractivity contribution is 6.14.